The highest BCUT2D eigenvalue weighted by Gasteiger charge is 2.17. The molecule has 4 rings (SSSR count). The first kappa shape index (κ1) is 16.8. The molecule has 0 radical (unpaired) electrons. The summed E-state index contributed by atoms with van der Waals surface area (Å²) < 4.78 is 12.1. The van der Waals surface area contributed by atoms with Crippen molar-refractivity contribution in [1.82, 2.24) is 4.57 Å². The van der Waals surface area contributed by atoms with Crippen LogP contribution in [0.25, 0.3) is 16.5 Å². The predicted molar refractivity (Wildman–Crippen MR) is 102 cm³/mol. The third-order valence-corrected chi connectivity index (χ3v) is 4.38. The van der Waals surface area contributed by atoms with E-state index in [1.54, 1.807) is 42.6 Å². The van der Waals surface area contributed by atoms with Crippen molar-refractivity contribution in [3.8, 4) is 5.69 Å². The molecule has 0 saturated carbocycles. The zero-order valence-electron chi connectivity index (χ0n) is 14.7. The lowest BCUT2D eigenvalue weighted by Gasteiger charge is -2.12. The molecule has 27 heavy (non-hydrogen) atoms. The minimum atomic E-state index is -0.511. The van der Waals surface area contributed by atoms with Gasteiger partial charge in [-0.25, -0.2) is 4.79 Å². The number of carbonyl (C=O) groups is 1. The van der Waals surface area contributed by atoms with E-state index in [0.29, 0.717) is 27.8 Å². The number of ether oxygens (including phenoxy) is 1. The molecule has 0 atom stereocenters. The van der Waals surface area contributed by atoms with Crippen LogP contribution >= 0.6 is 0 Å². The average Bonchev–Trinajstić information content (AvgIpc) is 3.21. The molecular weight excluding hydrogens is 342 g/mol. The van der Waals surface area contributed by atoms with Gasteiger partial charge >= 0.3 is 5.97 Å². The standard InChI is InChI=1S/C22H17NO4/c1-15-8-10-16(11-9-15)23-13-20(18-6-2-3-7-19(18)21(23)24)22(25)27-14-17-5-4-12-26-17/h2-13H,14H2,1H3. The highest BCUT2D eigenvalue weighted by Crippen LogP contribution is 2.19. The van der Waals surface area contributed by atoms with Crippen molar-refractivity contribution < 1.29 is 13.9 Å². The predicted octanol–water partition coefficient (Wildman–Crippen LogP) is 4.25. The Balaban J connectivity index is 1.81. The second kappa shape index (κ2) is 6.96. The molecule has 5 heteroatoms. The molecule has 2 aromatic carbocycles. The van der Waals surface area contributed by atoms with Crippen LogP contribution in [0.15, 0.2) is 82.3 Å². The fourth-order valence-corrected chi connectivity index (χ4v) is 2.96. The van der Waals surface area contributed by atoms with Crippen molar-refractivity contribution in [1.29, 1.82) is 0 Å². The molecule has 0 bridgehead atoms. The summed E-state index contributed by atoms with van der Waals surface area (Å²) in [6, 6.07) is 18.0. The molecular formula is C22H17NO4. The van der Waals surface area contributed by atoms with Crippen LogP contribution in [0, 0.1) is 6.92 Å². The second-order valence-corrected chi connectivity index (χ2v) is 6.25. The Morgan fingerprint density at radius 3 is 2.44 bits per heavy atom. The van der Waals surface area contributed by atoms with Gasteiger partial charge in [0.15, 0.2) is 0 Å². The quantitative estimate of drug-likeness (QED) is 0.511. The highest BCUT2D eigenvalue weighted by atomic mass is 16.5. The van der Waals surface area contributed by atoms with Crippen molar-refractivity contribution in [3.05, 3.63) is 100 Å². The van der Waals surface area contributed by atoms with E-state index in [4.69, 9.17) is 9.15 Å². The summed E-state index contributed by atoms with van der Waals surface area (Å²) in [5.41, 5.74) is 1.93. The molecule has 0 aliphatic heterocycles. The number of aromatic nitrogens is 1. The van der Waals surface area contributed by atoms with Crippen LogP contribution in [0.1, 0.15) is 21.7 Å². The number of carbonyl (C=O) groups excluding carboxylic acids is 1. The first-order valence-electron chi connectivity index (χ1n) is 8.54. The maximum Gasteiger partial charge on any atom is 0.340 e. The van der Waals surface area contributed by atoms with Crippen LogP contribution in [-0.2, 0) is 11.3 Å². The van der Waals surface area contributed by atoms with E-state index < -0.39 is 5.97 Å². The molecule has 4 aromatic rings. The van der Waals surface area contributed by atoms with Crippen molar-refractivity contribution in [2.45, 2.75) is 13.5 Å². The molecule has 0 aliphatic carbocycles. The molecule has 134 valence electrons. The van der Waals surface area contributed by atoms with E-state index in [0.717, 1.165) is 5.56 Å². The summed E-state index contributed by atoms with van der Waals surface area (Å²) in [4.78, 5) is 25.7. The Hall–Kier alpha value is -3.60. The molecule has 0 aliphatic rings. The summed E-state index contributed by atoms with van der Waals surface area (Å²) >= 11 is 0. The van der Waals surface area contributed by atoms with Crippen molar-refractivity contribution in [2.75, 3.05) is 0 Å². The zero-order valence-corrected chi connectivity index (χ0v) is 14.7. The first-order valence-corrected chi connectivity index (χ1v) is 8.54. The average molecular weight is 359 g/mol. The molecule has 5 nitrogen and oxygen atoms in total. The van der Waals surface area contributed by atoms with Gasteiger partial charge in [-0.1, -0.05) is 35.9 Å². The largest absolute Gasteiger partial charge is 0.466 e. The lowest BCUT2D eigenvalue weighted by atomic mass is 10.1. The number of furan rings is 1. The maximum absolute atomic E-state index is 12.9. The van der Waals surface area contributed by atoms with Gasteiger partial charge in [0.1, 0.15) is 12.4 Å². The Morgan fingerprint density at radius 1 is 1.00 bits per heavy atom. The zero-order chi connectivity index (χ0) is 18.8. The van der Waals surface area contributed by atoms with E-state index in [2.05, 4.69) is 0 Å². The number of hydrogen-bond donors (Lipinski definition) is 0. The molecule has 0 spiro atoms. The Bertz CT molecular complexity index is 1160. The summed E-state index contributed by atoms with van der Waals surface area (Å²) in [6.07, 6.45) is 3.07. The third kappa shape index (κ3) is 3.27. The number of pyridine rings is 1. The van der Waals surface area contributed by atoms with Gasteiger partial charge in [0.2, 0.25) is 0 Å². The number of nitrogens with zero attached hydrogens (tertiary/aromatic N) is 1. The van der Waals surface area contributed by atoms with E-state index in [1.165, 1.54) is 10.8 Å². The van der Waals surface area contributed by atoms with E-state index in [9.17, 15) is 9.59 Å². The summed E-state index contributed by atoms with van der Waals surface area (Å²) in [6.45, 7) is 2.01. The third-order valence-electron chi connectivity index (χ3n) is 4.38. The lowest BCUT2D eigenvalue weighted by molar-refractivity contribution is 0.0447. The molecule has 0 unspecified atom stereocenters. The molecule has 0 N–H and O–H groups in total. The number of aryl methyl sites for hydroxylation is 1. The van der Waals surface area contributed by atoms with Gasteiger partial charge in [0.05, 0.1) is 11.8 Å². The number of rotatable bonds is 4. The molecule has 2 heterocycles. The number of benzene rings is 2. The van der Waals surface area contributed by atoms with E-state index in [-0.39, 0.29) is 12.2 Å². The number of esters is 1. The van der Waals surface area contributed by atoms with Gasteiger partial charge in [-0.2, -0.15) is 0 Å². The molecule has 0 amide bonds. The van der Waals surface area contributed by atoms with Crippen LogP contribution in [0.5, 0.6) is 0 Å². The molecule has 2 aromatic heterocycles. The molecule has 0 saturated heterocycles. The van der Waals surface area contributed by atoms with Gasteiger partial charge in [0, 0.05) is 22.7 Å². The summed E-state index contributed by atoms with van der Waals surface area (Å²) in [5.74, 6) is 0.0444. The van der Waals surface area contributed by atoms with Gasteiger partial charge in [-0.3, -0.25) is 9.36 Å². The number of hydrogen-bond acceptors (Lipinski definition) is 4. The van der Waals surface area contributed by atoms with Crippen LogP contribution in [0.3, 0.4) is 0 Å². The number of fused-ring (bicyclic) bond motifs is 1. The monoisotopic (exact) mass is 359 g/mol. The Kier molecular flexibility index (Phi) is 4.34. The van der Waals surface area contributed by atoms with Gasteiger partial charge < -0.3 is 9.15 Å². The van der Waals surface area contributed by atoms with Gasteiger partial charge in [-0.05, 0) is 37.3 Å². The fraction of sp³-hybridized carbons (Fsp3) is 0.0909. The minimum Gasteiger partial charge on any atom is -0.466 e. The Labute approximate surface area is 155 Å². The maximum atomic E-state index is 12.9. The van der Waals surface area contributed by atoms with Crippen molar-refractivity contribution in [2.24, 2.45) is 0 Å². The van der Waals surface area contributed by atoms with Gasteiger partial charge in [-0.15, -0.1) is 0 Å². The minimum absolute atomic E-state index is 0.0316. The van der Waals surface area contributed by atoms with E-state index >= 15 is 0 Å². The van der Waals surface area contributed by atoms with Crippen molar-refractivity contribution in [3.63, 3.8) is 0 Å². The highest BCUT2D eigenvalue weighted by molar-refractivity contribution is 6.04. The van der Waals surface area contributed by atoms with Gasteiger partial charge in [0.25, 0.3) is 5.56 Å². The summed E-state index contributed by atoms with van der Waals surface area (Å²) in [5, 5.41) is 1.03. The SMILES string of the molecule is Cc1ccc(-n2cc(C(=O)OCc3ccco3)c3ccccc3c2=O)cc1. The lowest BCUT2D eigenvalue weighted by Crippen LogP contribution is -2.21. The first-order chi connectivity index (χ1) is 13.1. The topological polar surface area (TPSA) is 61.4 Å². The molecule has 0 fully saturated rings. The second-order valence-electron chi connectivity index (χ2n) is 6.25. The van der Waals surface area contributed by atoms with Crippen LogP contribution in [0.4, 0.5) is 0 Å². The van der Waals surface area contributed by atoms with E-state index in [1.807, 2.05) is 31.2 Å². The van der Waals surface area contributed by atoms with Crippen LogP contribution < -0.4 is 5.56 Å². The normalized spacial score (nSPS) is 10.9. The Morgan fingerprint density at radius 2 is 1.74 bits per heavy atom. The fourth-order valence-electron chi connectivity index (χ4n) is 2.96. The van der Waals surface area contributed by atoms with Crippen LogP contribution in [-0.4, -0.2) is 10.5 Å². The summed E-state index contributed by atoms with van der Waals surface area (Å²) in [7, 11) is 0. The van der Waals surface area contributed by atoms with Crippen molar-refractivity contribution >= 4 is 16.7 Å². The smallest absolute Gasteiger partial charge is 0.340 e. The van der Waals surface area contributed by atoms with Crippen LogP contribution in [0.2, 0.25) is 0 Å².